The Morgan fingerprint density at radius 3 is 2.62 bits per heavy atom. The molecule has 0 bridgehead atoms. The van der Waals surface area contributed by atoms with Gasteiger partial charge in [-0.2, -0.15) is 0 Å². The molecule has 39 heavy (non-hydrogen) atoms. The van der Waals surface area contributed by atoms with Gasteiger partial charge < -0.3 is 14.8 Å². The number of fused-ring (bicyclic) bond motifs is 2. The minimum atomic E-state index is -0.117. The smallest absolute Gasteiger partial charge is 0.254 e. The van der Waals surface area contributed by atoms with Crippen LogP contribution in [0, 0.1) is 0 Å². The Hall–Kier alpha value is -3.90. The zero-order valence-corrected chi connectivity index (χ0v) is 23.1. The molecular formula is C32H32ClN5O. The van der Waals surface area contributed by atoms with Crippen molar-refractivity contribution in [2.75, 3.05) is 18.0 Å². The van der Waals surface area contributed by atoms with Crippen molar-refractivity contribution in [2.24, 2.45) is 7.05 Å². The average Bonchev–Trinajstić information content (AvgIpc) is 3.26. The second-order valence-electron chi connectivity index (χ2n) is 10.3. The lowest BCUT2D eigenvalue weighted by atomic mass is 9.89. The largest absolute Gasteiger partial charge is 0.357 e. The van der Waals surface area contributed by atoms with Gasteiger partial charge in [0.25, 0.3) is 5.91 Å². The van der Waals surface area contributed by atoms with Crippen molar-refractivity contribution in [1.29, 1.82) is 0 Å². The first-order valence-corrected chi connectivity index (χ1v) is 14.0. The molecule has 0 atom stereocenters. The third-order valence-electron chi connectivity index (χ3n) is 7.96. The van der Waals surface area contributed by atoms with Crippen LogP contribution in [0.15, 0.2) is 72.9 Å². The molecule has 0 radical (unpaired) electrons. The van der Waals surface area contributed by atoms with E-state index >= 15 is 0 Å². The lowest BCUT2D eigenvalue weighted by Crippen LogP contribution is -2.33. The number of amides is 1. The molecule has 0 spiro atoms. The first-order chi connectivity index (χ1) is 19.0. The second kappa shape index (κ2) is 10.7. The number of carbonyl (C=O) groups is 1. The number of aryl methyl sites for hydroxylation is 1. The maximum atomic E-state index is 13.3. The molecular weight excluding hydrogens is 506 g/mol. The summed E-state index contributed by atoms with van der Waals surface area (Å²) in [4.78, 5) is 25.1. The Labute approximate surface area is 233 Å². The van der Waals surface area contributed by atoms with Crippen molar-refractivity contribution >= 4 is 45.3 Å². The number of benzene rings is 2. The number of aromatic nitrogens is 3. The zero-order chi connectivity index (χ0) is 26.9. The van der Waals surface area contributed by atoms with Gasteiger partial charge in [0.1, 0.15) is 11.5 Å². The molecule has 0 unspecified atom stereocenters. The third kappa shape index (κ3) is 4.97. The molecule has 1 saturated heterocycles. The first-order valence-electron chi connectivity index (χ1n) is 13.6. The Kier molecular flexibility index (Phi) is 6.96. The van der Waals surface area contributed by atoms with E-state index in [2.05, 4.69) is 69.8 Å². The molecule has 5 aromatic rings. The van der Waals surface area contributed by atoms with E-state index in [0.717, 1.165) is 71.4 Å². The van der Waals surface area contributed by atoms with Crippen LogP contribution in [0.2, 0.25) is 5.02 Å². The fourth-order valence-corrected chi connectivity index (χ4v) is 6.05. The van der Waals surface area contributed by atoms with Gasteiger partial charge in [-0.1, -0.05) is 54.9 Å². The Balaban J connectivity index is 1.15. The van der Waals surface area contributed by atoms with Gasteiger partial charge in [0.2, 0.25) is 0 Å². The molecule has 0 aliphatic carbocycles. The molecule has 1 fully saturated rings. The van der Waals surface area contributed by atoms with E-state index in [-0.39, 0.29) is 5.91 Å². The fourth-order valence-electron chi connectivity index (χ4n) is 5.89. The van der Waals surface area contributed by atoms with Gasteiger partial charge in [0.15, 0.2) is 0 Å². The van der Waals surface area contributed by atoms with E-state index in [4.69, 9.17) is 16.6 Å². The van der Waals surface area contributed by atoms with Crippen molar-refractivity contribution in [3.05, 3.63) is 100 Å². The molecule has 1 amide bonds. The van der Waals surface area contributed by atoms with Crippen molar-refractivity contribution in [2.45, 2.75) is 38.6 Å². The number of anilines is 1. The van der Waals surface area contributed by atoms with Crippen LogP contribution in [0.5, 0.6) is 0 Å². The predicted molar refractivity (Wildman–Crippen MR) is 159 cm³/mol. The maximum absolute atomic E-state index is 13.3. The van der Waals surface area contributed by atoms with E-state index in [1.807, 2.05) is 30.7 Å². The van der Waals surface area contributed by atoms with Gasteiger partial charge in [0.05, 0.1) is 16.1 Å². The molecule has 1 aliphatic rings. The van der Waals surface area contributed by atoms with Crippen LogP contribution in [0.3, 0.4) is 0 Å². The highest BCUT2D eigenvalue weighted by molar-refractivity contribution is 6.31. The summed E-state index contributed by atoms with van der Waals surface area (Å²) in [5.74, 6) is 1.54. The number of hydrogen-bond donors (Lipinski definition) is 1. The second-order valence-corrected chi connectivity index (χ2v) is 10.7. The van der Waals surface area contributed by atoms with E-state index < -0.39 is 0 Å². The lowest BCUT2D eigenvalue weighted by molar-refractivity contribution is 0.0951. The summed E-state index contributed by atoms with van der Waals surface area (Å²) in [6, 6.07) is 23.1. The average molecular weight is 538 g/mol. The summed E-state index contributed by atoms with van der Waals surface area (Å²) >= 11 is 6.21. The first kappa shape index (κ1) is 25.4. The van der Waals surface area contributed by atoms with Gasteiger partial charge in [-0.05, 0) is 66.6 Å². The molecule has 6 nitrogen and oxygen atoms in total. The SMILES string of the molecule is CCc1c(C(=O)NCc2ccc3nc(N4CCC(c5ccccc5)CC4)ccc3c2)c2cc(Cl)cnc2n1C. The summed E-state index contributed by atoms with van der Waals surface area (Å²) in [7, 11) is 1.94. The monoisotopic (exact) mass is 537 g/mol. The molecule has 198 valence electrons. The summed E-state index contributed by atoms with van der Waals surface area (Å²) in [5.41, 5.74) is 5.79. The number of nitrogens with zero attached hydrogens (tertiary/aromatic N) is 4. The summed E-state index contributed by atoms with van der Waals surface area (Å²) in [6.07, 6.45) is 4.62. The predicted octanol–water partition coefficient (Wildman–Crippen LogP) is 6.65. The van der Waals surface area contributed by atoms with E-state index in [1.165, 1.54) is 5.56 Å². The summed E-state index contributed by atoms with van der Waals surface area (Å²) in [5, 5.41) is 5.48. The number of nitrogens with one attached hydrogen (secondary N) is 1. The molecule has 1 aliphatic heterocycles. The van der Waals surface area contributed by atoms with E-state index in [9.17, 15) is 4.79 Å². The van der Waals surface area contributed by atoms with Gasteiger partial charge in [-0.3, -0.25) is 4.79 Å². The third-order valence-corrected chi connectivity index (χ3v) is 8.16. The lowest BCUT2D eigenvalue weighted by Gasteiger charge is -2.33. The quantitative estimate of drug-likeness (QED) is 0.263. The number of piperidine rings is 1. The molecule has 3 aromatic heterocycles. The Morgan fingerprint density at radius 1 is 1.05 bits per heavy atom. The molecule has 6 rings (SSSR count). The van der Waals surface area contributed by atoms with Crippen molar-refractivity contribution in [3.63, 3.8) is 0 Å². The van der Waals surface area contributed by atoms with Gasteiger partial charge >= 0.3 is 0 Å². The summed E-state index contributed by atoms with van der Waals surface area (Å²) in [6.45, 7) is 4.49. The zero-order valence-electron chi connectivity index (χ0n) is 22.3. The molecule has 2 aromatic carbocycles. The number of hydrogen-bond acceptors (Lipinski definition) is 4. The van der Waals surface area contributed by atoms with Crippen LogP contribution < -0.4 is 10.2 Å². The van der Waals surface area contributed by atoms with Crippen molar-refractivity contribution in [3.8, 4) is 0 Å². The number of halogens is 1. The van der Waals surface area contributed by atoms with Gasteiger partial charge in [-0.25, -0.2) is 9.97 Å². The molecule has 0 saturated carbocycles. The standard InChI is InChI=1S/C32H32ClN5O/c1-3-28-30(26-18-25(33)20-34-31(26)37(28)2)32(39)35-19-21-9-11-27-24(17-21)10-12-29(36-27)38-15-13-23(14-16-38)22-7-5-4-6-8-22/h4-12,17-18,20,23H,3,13-16,19H2,1-2H3,(H,35,39). The van der Waals surface area contributed by atoms with Crippen LogP contribution in [-0.4, -0.2) is 33.5 Å². The number of carbonyl (C=O) groups excluding carboxylic acids is 1. The number of pyridine rings is 2. The Morgan fingerprint density at radius 2 is 1.85 bits per heavy atom. The maximum Gasteiger partial charge on any atom is 0.254 e. The Bertz CT molecular complexity index is 1650. The van der Waals surface area contributed by atoms with Crippen molar-refractivity contribution in [1.82, 2.24) is 19.9 Å². The highest BCUT2D eigenvalue weighted by Crippen LogP contribution is 2.31. The summed E-state index contributed by atoms with van der Waals surface area (Å²) < 4.78 is 1.98. The number of rotatable bonds is 6. The normalized spacial score (nSPS) is 14.3. The van der Waals surface area contributed by atoms with Gasteiger partial charge in [0, 0.05) is 49.3 Å². The molecule has 4 heterocycles. The van der Waals surface area contributed by atoms with Crippen LogP contribution in [-0.2, 0) is 20.0 Å². The minimum Gasteiger partial charge on any atom is -0.357 e. The topological polar surface area (TPSA) is 63.1 Å². The van der Waals surface area contributed by atoms with E-state index in [0.29, 0.717) is 23.0 Å². The van der Waals surface area contributed by atoms with E-state index in [1.54, 1.807) is 6.20 Å². The highest BCUT2D eigenvalue weighted by Gasteiger charge is 2.22. The van der Waals surface area contributed by atoms with Crippen LogP contribution >= 0.6 is 11.6 Å². The molecule has 1 N–H and O–H groups in total. The fraction of sp³-hybridized carbons (Fsp3) is 0.281. The van der Waals surface area contributed by atoms with Crippen molar-refractivity contribution < 1.29 is 4.79 Å². The van der Waals surface area contributed by atoms with Crippen LogP contribution in [0.4, 0.5) is 5.82 Å². The van der Waals surface area contributed by atoms with Crippen LogP contribution in [0.1, 0.15) is 52.9 Å². The van der Waals surface area contributed by atoms with Gasteiger partial charge in [-0.15, -0.1) is 0 Å². The minimum absolute atomic E-state index is 0.117. The highest BCUT2D eigenvalue weighted by atomic mass is 35.5. The molecule has 7 heteroatoms. The van der Waals surface area contributed by atoms with Crippen LogP contribution in [0.25, 0.3) is 21.9 Å².